The number of anilines is 4. The van der Waals surface area contributed by atoms with Gasteiger partial charge in [-0.1, -0.05) is 129 Å². The van der Waals surface area contributed by atoms with E-state index in [9.17, 15) is 0 Å². The largest absolute Gasteiger partial charge is 0.457 e. The number of fused-ring (bicyclic) bond motifs is 4. The number of hydrogen-bond donors (Lipinski definition) is 0. The molecule has 308 valence electrons. The van der Waals surface area contributed by atoms with E-state index in [-0.39, 0.29) is 16.2 Å². The molecule has 0 amide bonds. The molecule has 0 unspecified atom stereocenters. The van der Waals surface area contributed by atoms with Crippen LogP contribution in [0.25, 0.3) is 38.8 Å². The van der Waals surface area contributed by atoms with Gasteiger partial charge in [0, 0.05) is 40.5 Å². The molecule has 1 aliphatic rings. The first-order valence-electron chi connectivity index (χ1n) is 21.9. The molecule has 0 N–H and O–H groups in total. The highest BCUT2D eigenvalue weighted by molar-refractivity contribution is 6.09. The molecule has 0 saturated carbocycles. The van der Waals surface area contributed by atoms with Gasteiger partial charge in [0.1, 0.15) is 24.0 Å². The maximum absolute atomic E-state index is 7.02. The monoisotopic (exact) mass is 802 g/mol. The van der Waals surface area contributed by atoms with E-state index in [1.165, 1.54) is 55.7 Å². The molecule has 0 fully saturated rings. The molecule has 0 spiro atoms. The van der Waals surface area contributed by atoms with Crippen LogP contribution < -0.4 is 14.5 Å². The topological polar surface area (TPSA) is 33.5 Å². The standard InChI is InChI=1S/C56H58N4O/c1-10-56(9,11-2)42-32-44(59-37-58(50-23-17-18-24-51(50)59)43-30-39(38-19-13-12-14-20-38)29-41(31-43)55(6,7)8)35-46(33-42)61-45-25-26-48-47-21-15-16-22-49(47)60(52(48)36-45)53-34-40(27-28-57-53)54(3,4)5/h12-36H,10-11,37H2,1-9H3. The van der Waals surface area contributed by atoms with Crippen molar-refractivity contribution in [3.63, 3.8) is 0 Å². The molecule has 2 aromatic heterocycles. The number of pyridine rings is 1. The van der Waals surface area contributed by atoms with E-state index >= 15 is 0 Å². The number of rotatable bonds is 9. The van der Waals surface area contributed by atoms with Gasteiger partial charge in [-0.3, -0.25) is 4.57 Å². The van der Waals surface area contributed by atoms with Gasteiger partial charge >= 0.3 is 0 Å². The van der Waals surface area contributed by atoms with Crippen LogP contribution in [0.5, 0.6) is 11.5 Å². The number of para-hydroxylation sites is 3. The summed E-state index contributed by atoms with van der Waals surface area (Å²) in [7, 11) is 0. The van der Waals surface area contributed by atoms with E-state index in [4.69, 9.17) is 9.72 Å². The summed E-state index contributed by atoms with van der Waals surface area (Å²) in [5.74, 6) is 2.52. The predicted octanol–water partition coefficient (Wildman–Crippen LogP) is 15.6. The van der Waals surface area contributed by atoms with E-state index in [2.05, 4.69) is 222 Å². The second-order valence-corrected chi connectivity index (χ2v) is 19.1. The minimum absolute atomic E-state index is 0.00657. The lowest BCUT2D eigenvalue weighted by molar-refractivity contribution is 0.432. The Labute approximate surface area is 362 Å². The number of aromatic nitrogens is 2. The molecule has 3 heterocycles. The fourth-order valence-corrected chi connectivity index (χ4v) is 8.86. The van der Waals surface area contributed by atoms with E-state index in [0.717, 1.165) is 46.9 Å². The fraction of sp³-hybridized carbons (Fsp3) is 0.268. The van der Waals surface area contributed by atoms with Crippen LogP contribution >= 0.6 is 0 Å². The van der Waals surface area contributed by atoms with Gasteiger partial charge < -0.3 is 14.5 Å². The van der Waals surface area contributed by atoms with Crippen molar-refractivity contribution < 1.29 is 4.74 Å². The van der Waals surface area contributed by atoms with E-state index in [1.807, 2.05) is 6.20 Å². The zero-order valence-corrected chi connectivity index (χ0v) is 37.3. The molecular formula is C56H58N4O. The quantitative estimate of drug-likeness (QED) is 0.146. The second kappa shape index (κ2) is 15.3. The number of ether oxygens (including phenoxy) is 1. The zero-order valence-electron chi connectivity index (χ0n) is 37.3. The van der Waals surface area contributed by atoms with Crippen molar-refractivity contribution in [2.24, 2.45) is 0 Å². The van der Waals surface area contributed by atoms with Crippen molar-refractivity contribution in [1.82, 2.24) is 9.55 Å². The van der Waals surface area contributed by atoms with Crippen molar-refractivity contribution in [2.45, 2.75) is 91.4 Å². The molecule has 5 nitrogen and oxygen atoms in total. The molecule has 0 aliphatic carbocycles. The molecular weight excluding hydrogens is 745 g/mol. The second-order valence-electron chi connectivity index (χ2n) is 19.1. The molecule has 8 aromatic rings. The molecule has 5 heteroatoms. The highest BCUT2D eigenvalue weighted by atomic mass is 16.5. The van der Waals surface area contributed by atoms with Crippen molar-refractivity contribution in [3.05, 3.63) is 168 Å². The van der Waals surface area contributed by atoms with Crippen molar-refractivity contribution in [2.75, 3.05) is 16.5 Å². The highest BCUT2D eigenvalue weighted by Gasteiger charge is 2.32. The normalized spacial score (nSPS) is 13.3. The summed E-state index contributed by atoms with van der Waals surface area (Å²) in [5.41, 5.74) is 13.1. The third-order valence-electron chi connectivity index (χ3n) is 13.1. The number of hydrogen-bond acceptors (Lipinski definition) is 4. The van der Waals surface area contributed by atoms with Crippen molar-refractivity contribution in [3.8, 4) is 28.4 Å². The van der Waals surface area contributed by atoms with Crippen LogP contribution in [-0.4, -0.2) is 16.2 Å². The molecule has 9 rings (SSSR count). The first-order valence-corrected chi connectivity index (χ1v) is 21.9. The molecule has 0 bridgehead atoms. The first-order chi connectivity index (χ1) is 29.2. The molecule has 0 radical (unpaired) electrons. The summed E-state index contributed by atoms with van der Waals surface area (Å²) in [6, 6.07) is 53.0. The maximum Gasteiger partial charge on any atom is 0.137 e. The van der Waals surface area contributed by atoms with Gasteiger partial charge in [-0.2, -0.15) is 0 Å². The summed E-state index contributed by atoms with van der Waals surface area (Å²) in [6.45, 7) is 21.3. The van der Waals surface area contributed by atoms with Gasteiger partial charge in [0.05, 0.1) is 22.4 Å². The van der Waals surface area contributed by atoms with E-state index in [1.54, 1.807) is 0 Å². The van der Waals surface area contributed by atoms with Crippen molar-refractivity contribution >= 4 is 44.6 Å². The van der Waals surface area contributed by atoms with Crippen molar-refractivity contribution in [1.29, 1.82) is 0 Å². The molecule has 0 saturated heterocycles. The summed E-state index contributed by atoms with van der Waals surface area (Å²) >= 11 is 0. The third-order valence-corrected chi connectivity index (χ3v) is 13.1. The Morgan fingerprint density at radius 2 is 1.13 bits per heavy atom. The summed E-state index contributed by atoms with van der Waals surface area (Å²) in [5, 5.41) is 2.36. The number of nitrogens with zero attached hydrogens (tertiary/aromatic N) is 4. The lowest BCUT2D eigenvalue weighted by atomic mass is 9.77. The smallest absolute Gasteiger partial charge is 0.137 e. The minimum Gasteiger partial charge on any atom is -0.457 e. The Morgan fingerprint density at radius 3 is 1.82 bits per heavy atom. The van der Waals surface area contributed by atoms with Gasteiger partial charge in [0.25, 0.3) is 0 Å². The Morgan fingerprint density at radius 1 is 0.508 bits per heavy atom. The minimum atomic E-state index is -0.0290. The Balaban J connectivity index is 1.15. The maximum atomic E-state index is 7.02. The van der Waals surface area contributed by atoms with Crippen LogP contribution in [0, 0.1) is 0 Å². The lowest BCUT2D eigenvalue weighted by Gasteiger charge is -2.30. The van der Waals surface area contributed by atoms with Crippen LogP contribution in [0.3, 0.4) is 0 Å². The average molecular weight is 803 g/mol. The van der Waals surface area contributed by atoms with Crippen LogP contribution in [0.4, 0.5) is 22.7 Å². The fourth-order valence-electron chi connectivity index (χ4n) is 8.86. The molecule has 1 aliphatic heterocycles. The summed E-state index contributed by atoms with van der Waals surface area (Å²) < 4.78 is 9.30. The SMILES string of the molecule is CCC(C)(CC)c1cc(Oc2ccc3c4ccccc4n(-c4cc(C(C)(C)C)ccn4)c3c2)cc(N2CN(c3cc(-c4ccccc4)cc(C(C)(C)C)c3)c3ccccc32)c1. The van der Waals surface area contributed by atoms with E-state index < -0.39 is 0 Å². The van der Waals surface area contributed by atoms with Crippen LogP contribution in [0.2, 0.25) is 0 Å². The van der Waals surface area contributed by atoms with Gasteiger partial charge in [0.2, 0.25) is 0 Å². The lowest BCUT2D eigenvalue weighted by Crippen LogP contribution is -2.25. The average Bonchev–Trinajstić information content (AvgIpc) is 3.82. The third kappa shape index (κ3) is 7.45. The zero-order chi connectivity index (χ0) is 42.7. The Bertz CT molecular complexity index is 2890. The molecule has 61 heavy (non-hydrogen) atoms. The first kappa shape index (κ1) is 40.1. The van der Waals surface area contributed by atoms with E-state index in [0.29, 0.717) is 6.67 Å². The van der Waals surface area contributed by atoms with Gasteiger partial charge in [-0.25, -0.2) is 4.98 Å². The van der Waals surface area contributed by atoms with Crippen LogP contribution in [0.15, 0.2) is 152 Å². The van der Waals surface area contributed by atoms with Crippen LogP contribution in [-0.2, 0) is 16.2 Å². The predicted molar refractivity (Wildman–Crippen MR) is 258 cm³/mol. The van der Waals surface area contributed by atoms with Gasteiger partial charge in [-0.15, -0.1) is 0 Å². The summed E-state index contributed by atoms with van der Waals surface area (Å²) in [6.07, 6.45) is 3.97. The molecule has 0 atom stereocenters. The Kier molecular flexibility index (Phi) is 10.1. The highest BCUT2D eigenvalue weighted by Crippen LogP contribution is 2.48. The van der Waals surface area contributed by atoms with Gasteiger partial charge in [0.15, 0.2) is 0 Å². The van der Waals surface area contributed by atoms with Crippen LogP contribution in [0.1, 0.15) is 91.8 Å². The Hall–Kier alpha value is -6.33. The summed E-state index contributed by atoms with van der Waals surface area (Å²) in [4.78, 5) is 9.85. The molecule has 6 aromatic carbocycles. The van der Waals surface area contributed by atoms with Gasteiger partial charge in [-0.05, 0) is 124 Å². The number of benzene rings is 6.